The Balaban J connectivity index is 1.39. The first-order valence-electron chi connectivity index (χ1n) is 9.82. The first-order chi connectivity index (χ1) is 15.3. The number of nitrogens with zero attached hydrogens (tertiary/aromatic N) is 1. The van der Waals surface area contributed by atoms with Gasteiger partial charge >= 0.3 is 5.69 Å². The summed E-state index contributed by atoms with van der Waals surface area (Å²) in [7, 11) is 0. The summed E-state index contributed by atoms with van der Waals surface area (Å²) in [5, 5.41) is 5.01. The number of hydrogen-bond acceptors (Lipinski definition) is 6. The number of fused-ring (bicyclic) bond motifs is 2. The van der Waals surface area contributed by atoms with Crippen molar-refractivity contribution in [3.05, 3.63) is 63.3 Å². The molecule has 1 fully saturated rings. The zero-order valence-electron chi connectivity index (χ0n) is 16.5. The van der Waals surface area contributed by atoms with Gasteiger partial charge in [0.2, 0.25) is 11.8 Å². The van der Waals surface area contributed by atoms with Gasteiger partial charge in [0.25, 0.3) is 11.8 Å². The summed E-state index contributed by atoms with van der Waals surface area (Å²) in [6.45, 7) is 0.192. The minimum Gasteiger partial charge on any atom is -0.379 e. The van der Waals surface area contributed by atoms with Crippen molar-refractivity contribution in [1.29, 1.82) is 0 Å². The predicted molar refractivity (Wildman–Crippen MR) is 109 cm³/mol. The van der Waals surface area contributed by atoms with Gasteiger partial charge < -0.3 is 15.3 Å². The molecule has 0 spiro atoms. The summed E-state index contributed by atoms with van der Waals surface area (Å²) in [4.78, 5) is 66.5. The fraction of sp³-hybridized carbons (Fsp3) is 0.190. The Bertz CT molecular complexity index is 1390. The van der Waals surface area contributed by atoms with Crippen molar-refractivity contribution < 1.29 is 23.6 Å². The number of imide groups is 2. The molecule has 0 saturated carbocycles. The van der Waals surface area contributed by atoms with Crippen molar-refractivity contribution in [1.82, 2.24) is 20.2 Å². The minimum absolute atomic E-state index is 0.00172. The highest BCUT2D eigenvalue weighted by Crippen LogP contribution is 2.31. The van der Waals surface area contributed by atoms with E-state index in [-0.39, 0.29) is 41.9 Å². The Labute approximate surface area is 178 Å². The lowest BCUT2D eigenvalue weighted by atomic mass is 10.0. The van der Waals surface area contributed by atoms with Crippen LogP contribution in [0.2, 0.25) is 0 Å². The first kappa shape index (κ1) is 19.7. The molecule has 1 unspecified atom stereocenters. The minimum atomic E-state index is -1.12. The number of halogens is 1. The van der Waals surface area contributed by atoms with Crippen LogP contribution in [0.4, 0.5) is 10.1 Å². The van der Waals surface area contributed by atoms with Gasteiger partial charge in [-0.15, -0.1) is 0 Å². The third-order valence-corrected chi connectivity index (χ3v) is 5.59. The first-order valence-corrected chi connectivity index (χ1v) is 9.82. The molecule has 4 N–H and O–H groups in total. The van der Waals surface area contributed by atoms with E-state index in [0.717, 1.165) is 16.5 Å². The van der Waals surface area contributed by atoms with Crippen LogP contribution in [0.25, 0.3) is 11.0 Å². The van der Waals surface area contributed by atoms with E-state index in [4.69, 9.17) is 0 Å². The van der Waals surface area contributed by atoms with Crippen LogP contribution in [-0.2, 0) is 16.1 Å². The maximum absolute atomic E-state index is 14.7. The second-order valence-corrected chi connectivity index (χ2v) is 7.64. The number of imidazole rings is 1. The molecule has 32 heavy (non-hydrogen) atoms. The molecule has 2 aliphatic heterocycles. The van der Waals surface area contributed by atoms with Crippen LogP contribution >= 0.6 is 0 Å². The zero-order chi connectivity index (χ0) is 22.6. The Morgan fingerprint density at radius 1 is 0.969 bits per heavy atom. The van der Waals surface area contributed by atoms with Crippen molar-refractivity contribution in [2.24, 2.45) is 0 Å². The monoisotopic (exact) mass is 437 g/mol. The van der Waals surface area contributed by atoms with Crippen LogP contribution in [0.15, 0.2) is 35.1 Å². The van der Waals surface area contributed by atoms with Crippen LogP contribution in [0.5, 0.6) is 0 Å². The van der Waals surface area contributed by atoms with Crippen molar-refractivity contribution in [3.8, 4) is 0 Å². The van der Waals surface area contributed by atoms with E-state index in [9.17, 15) is 28.4 Å². The number of aromatic nitrogens is 2. The topological polar surface area (TPSA) is 144 Å². The van der Waals surface area contributed by atoms with Crippen molar-refractivity contribution >= 4 is 40.3 Å². The third-order valence-electron chi connectivity index (χ3n) is 5.59. The van der Waals surface area contributed by atoms with E-state index < -0.39 is 35.5 Å². The summed E-state index contributed by atoms with van der Waals surface area (Å²) in [6.07, 6.45) is 0.0230. The normalized spacial score (nSPS) is 18.3. The zero-order valence-corrected chi connectivity index (χ0v) is 16.5. The molecule has 162 valence electrons. The molecule has 10 nitrogen and oxygen atoms in total. The molecule has 0 radical (unpaired) electrons. The van der Waals surface area contributed by atoms with Gasteiger partial charge in [-0.3, -0.25) is 29.4 Å². The number of benzene rings is 2. The van der Waals surface area contributed by atoms with Gasteiger partial charge in [0.15, 0.2) is 0 Å². The van der Waals surface area contributed by atoms with Gasteiger partial charge in [-0.25, -0.2) is 9.18 Å². The molecule has 5 rings (SSSR count). The summed E-state index contributed by atoms with van der Waals surface area (Å²) in [5.74, 6) is -3.41. The highest BCUT2D eigenvalue weighted by molar-refractivity contribution is 6.23. The van der Waals surface area contributed by atoms with E-state index >= 15 is 0 Å². The highest BCUT2D eigenvalue weighted by atomic mass is 19.1. The lowest BCUT2D eigenvalue weighted by molar-refractivity contribution is -0.136. The predicted octanol–water partition coefficient (Wildman–Crippen LogP) is 1.01. The van der Waals surface area contributed by atoms with Crippen LogP contribution in [0, 0.1) is 5.82 Å². The van der Waals surface area contributed by atoms with E-state index in [1.54, 1.807) is 18.2 Å². The SMILES string of the molecule is O=C1CCC(N2C(=O)c3cc(F)c(NCc4ccc5[nH]c(=O)[nH]c5c4)cc3C2=O)C(=O)N1. The quantitative estimate of drug-likeness (QED) is 0.449. The number of carbonyl (C=O) groups is 4. The van der Waals surface area contributed by atoms with E-state index in [1.165, 1.54) is 6.07 Å². The number of carbonyl (C=O) groups excluding carboxylic acids is 4. The van der Waals surface area contributed by atoms with Crippen LogP contribution in [0.1, 0.15) is 39.1 Å². The molecule has 3 heterocycles. The number of piperidine rings is 1. The molecule has 3 aromatic rings. The van der Waals surface area contributed by atoms with Crippen molar-refractivity contribution in [2.75, 3.05) is 5.32 Å². The lowest BCUT2D eigenvalue weighted by Crippen LogP contribution is -2.54. The average Bonchev–Trinajstić information content (AvgIpc) is 3.23. The largest absolute Gasteiger partial charge is 0.379 e. The maximum Gasteiger partial charge on any atom is 0.323 e. The molecular formula is C21H16FN5O5. The van der Waals surface area contributed by atoms with Crippen LogP contribution in [-0.4, -0.2) is 44.5 Å². The van der Waals surface area contributed by atoms with Gasteiger partial charge in [0.05, 0.1) is 27.8 Å². The summed E-state index contributed by atoms with van der Waals surface area (Å²) in [5.41, 5.74) is 1.52. The molecule has 1 saturated heterocycles. The Morgan fingerprint density at radius 3 is 2.44 bits per heavy atom. The smallest absolute Gasteiger partial charge is 0.323 e. The molecule has 11 heteroatoms. The number of nitrogens with one attached hydrogen (secondary N) is 4. The number of rotatable bonds is 4. The lowest BCUT2D eigenvalue weighted by Gasteiger charge is -2.27. The van der Waals surface area contributed by atoms with Gasteiger partial charge in [0.1, 0.15) is 11.9 Å². The third kappa shape index (κ3) is 3.14. The summed E-state index contributed by atoms with van der Waals surface area (Å²) < 4.78 is 14.7. The number of H-pyrrole nitrogens is 2. The summed E-state index contributed by atoms with van der Waals surface area (Å²) >= 11 is 0. The van der Waals surface area contributed by atoms with Crippen LogP contribution < -0.4 is 16.3 Å². The fourth-order valence-electron chi connectivity index (χ4n) is 4.01. The molecule has 0 aliphatic carbocycles. The molecule has 2 aliphatic rings. The molecule has 0 bridgehead atoms. The van der Waals surface area contributed by atoms with Crippen LogP contribution in [0.3, 0.4) is 0 Å². The van der Waals surface area contributed by atoms with Gasteiger partial charge in [-0.2, -0.15) is 0 Å². The maximum atomic E-state index is 14.7. The molecule has 1 aromatic heterocycles. The number of anilines is 1. The fourth-order valence-corrected chi connectivity index (χ4v) is 4.01. The van der Waals surface area contributed by atoms with Crippen molar-refractivity contribution in [3.63, 3.8) is 0 Å². The number of amides is 4. The molecule has 1 atom stereocenters. The van der Waals surface area contributed by atoms with E-state index in [1.807, 2.05) is 0 Å². The summed E-state index contributed by atoms with van der Waals surface area (Å²) in [6, 6.07) is 6.29. The average molecular weight is 437 g/mol. The van der Waals surface area contributed by atoms with E-state index in [0.29, 0.717) is 11.0 Å². The standard InChI is InChI=1S/C21H16FN5O5/c22-12-6-10-11(20(31)27(19(10)30)16-3-4-17(28)26-18(16)29)7-14(12)23-8-9-1-2-13-15(5-9)25-21(32)24-13/h1-2,5-7,16,23H,3-4,8H2,(H2,24,25,32)(H,26,28,29). The van der Waals surface area contributed by atoms with Gasteiger partial charge in [0, 0.05) is 13.0 Å². The Kier molecular flexibility index (Phi) is 4.40. The molecular weight excluding hydrogens is 421 g/mol. The Hall–Kier alpha value is -4.28. The number of aromatic amines is 2. The molecule has 4 amide bonds. The highest BCUT2D eigenvalue weighted by Gasteiger charge is 2.45. The number of hydrogen-bond donors (Lipinski definition) is 4. The van der Waals surface area contributed by atoms with Gasteiger partial charge in [-0.1, -0.05) is 6.07 Å². The van der Waals surface area contributed by atoms with Crippen molar-refractivity contribution in [2.45, 2.75) is 25.4 Å². The second kappa shape index (κ2) is 7.15. The molecule has 2 aromatic carbocycles. The van der Waals surface area contributed by atoms with E-state index in [2.05, 4.69) is 20.6 Å². The second-order valence-electron chi connectivity index (χ2n) is 7.64. The Morgan fingerprint density at radius 2 is 1.69 bits per heavy atom. The van der Waals surface area contributed by atoms with Gasteiger partial charge in [-0.05, 0) is 36.2 Å².